The van der Waals surface area contributed by atoms with Gasteiger partial charge in [-0.05, 0) is 35.0 Å². The number of hydrogen-bond acceptors (Lipinski definition) is 5. The molecule has 0 saturated carbocycles. The third-order valence-electron chi connectivity index (χ3n) is 2.49. The summed E-state index contributed by atoms with van der Waals surface area (Å²) >= 11 is 3.38. The number of aromatic nitrogens is 2. The minimum atomic E-state index is -2.89. The third-order valence-corrected chi connectivity index (χ3v) is 3.24. The molecule has 0 aliphatic heterocycles. The number of para-hydroxylation sites is 2. The van der Waals surface area contributed by atoms with Gasteiger partial charge in [0.25, 0.3) is 0 Å². The lowest BCUT2D eigenvalue weighted by molar-refractivity contribution is -0.0493. The smallest absolute Gasteiger partial charge is 0.387 e. The maximum atomic E-state index is 12.4. The van der Waals surface area contributed by atoms with E-state index in [0.29, 0.717) is 28.3 Å². The van der Waals surface area contributed by atoms with Crippen molar-refractivity contribution in [1.82, 2.24) is 9.97 Å². The number of nitrogens with one attached hydrogen (secondary N) is 2. The first kappa shape index (κ1) is 15.4. The van der Waals surface area contributed by atoms with Crippen molar-refractivity contribution in [1.29, 1.82) is 0 Å². The number of rotatable bonds is 6. The van der Waals surface area contributed by atoms with Crippen molar-refractivity contribution < 1.29 is 13.5 Å². The van der Waals surface area contributed by atoms with Crippen LogP contribution in [0.4, 0.5) is 26.1 Å². The largest absolute Gasteiger partial charge is 0.433 e. The van der Waals surface area contributed by atoms with Gasteiger partial charge in [-0.3, -0.25) is 0 Å². The van der Waals surface area contributed by atoms with Gasteiger partial charge in [-0.2, -0.15) is 8.78 Å². The first-order chi connectivity index (χ1) is 10.1. The minimum absolute atomic E-state index is 0.0445. The fourth-order valence-electron chi connectivity index (χ4n) is 1.64. The second kappa shape index (κ2) is 7.16. The van der Waals surface area contributed by atoms with E-state index in [1.807, 2.05) is 6.92 Å². The molecule has 112 valence electrons. The van der Waals surface area contributed by atoms with Crippen LogP contribution in [-0.2, 0) is 0 Å². The first-order valence-corrected chi connectivity index (χ1v) is 6.96. The monoisotopic (exact) mass is 358 g/mol. The summed E-state index contributed by atoms with van der Waals surface area (Å²) in [7, 11) is 0. The molecular weight excluding hydrogens is 346 g/mol. The van der Waals surface area contributed by atoms with E-state index in [2.05, 4.69) is 41.3 Å². The maximum Gasteiger partial charge on any atom is 0.387 e. The summed E-state index contributed by atoms with van der Waals surface area (Å²) in [6, 6.07) is 6.40. The number of halogens is 3. The van der Waals surface area contributed by atoms with Crippen LogP contribution in [0.15, 0.2) is 35.1 Å². The number of benzene rings is 1. The van der Waals surface area contributed by atoms with Crippen LogP contribution < -0.4 is 15.4 Å². The van der Waals surface area contributed by atoms with Gasteiger partial charge in [0.1, 0.15) is 28.2 Å². The van der Waals surface area contributed by atoms with Gasteiger partial charge in [0.05, 0.1) is 5.69 Å². The molecule has 0 aliphatic carbocycles. The molecule has 2 N–H and O–H groups in total. The van der Waals surface area contributed by atoms with Crippen LogP contribution in [0.2, 0.25) is 0 Å². The fraction of sp³-hybridized carbons (Fsp3) is 0.231. The van der Waals surface area contributed by atoms with Crippen LogP contribution >= 0.6 is 15.9 Å². The highest BCUT2D eigenvalue weighted by molar-refractivity contribution is 9.10. The van der Waals surface area contributed by atoms with Crippen molar-refractivity contribution in [2.75, 3.05) is 17.2 Å². The predicted molar refractivity (Wildman–Crippen MR) is 80.3 cm³/mol. The van der Waals surface area contributed by atoms with Gasteiger partial charge in [-0.25, -0.2) is 9.97 Å². The van der Waals surface area contributed by atoms with E-state index >= 15 is 0 Å². The summed E-state index contributed by atoms with van der Waals surface area (Å²) in [4.78, 5) is 8.17. The first-order valence-electron chi connectivity index (χ1n) is 6.17. The van der Waals surface area contributed by atoms with E-state index in [1.165, 1.54) is 12.4 Å². The fourth-order valence-corrected chi connectivity index (χ4v) is 2.09. The standard InChI is InChI=1S/C13H13BrF2N4O/c1-2-17-11-10(14)12(19-7-18-11)20-8-5-3-4-6-9(8)21-13(15)16/h3-7,13H,2H2,1H3,(H2,17,18,19,20). The Bertz CT molecular complexity index is 612. The Hall–Kier alpha value is -1.96. The molecule has 1 aromatic carbocycles. The Morgan fingerprint density at radius 1 is 1.24 bits per heavy atom. The zero-order valence-electron chi connectivity index (χ0n) is 11.1. The van der Waals surface area contributed by atoms with E-state index in [9.17, 15) is 8.78 Å². The molecule has 0 bridgehead atoms. The number of anilines is 3. The number of hydrogen-bond donors (Lipinski definition) is 2. The van der Waals surface area contributed by atoms with Gasteiger partial charge in [0.2, 0.25) is 0 Å². The highest BCUT2D eigenvalue weighted by atomic mass is 79.9. The Morgan fingerprint density at radius 3 is 2.67 bits per heavy atom. The molecule has 21 heavy (non-hydrogen) atoms. The van der Waals surface area contributed by atoms with E-state index in [1.54, 1.807) is 18.2 Å². The second-order valence-electron chi connectivity index (χ2n) is 3.91. The molecule has 0 spiro atoms. The van der Waals surface area contributed by atoms with E-state index in [0.717, 1.165) is 0 Å². The lowest BCUT2D eigenvalue weighted by Gasteiger charge is -2.14. The number of ether oxygens (including phenoxy) is 1. The Morgan fingerprint density at radius 2 is 1.95 bits per heavy atom. The number of nitrogens with zero attached hydrogens (tertiary/aromatic N) is 2. The summed E-state index contributed by atoms with van der Waals surface area (Å²) in [6.07, 6.45) is 1.38. The molecule has 0 fully saturated rings. The molecule has 0 aliphatic rings. The van der Waals surface area contributed by atoms with Crippen LogP contribution in [0.3, 0.4) is 0 Å². The summed E-state index contributed by atoms with van der Waals surface area (Å²) in [5.41, 5.74) is 0.389. The SMILES string of the molecule is CCNc1ncnc(Nc2ccccc2OC(F)F)c1Br. The van der Waals surface area contributed by atoms with Crippen molar-refractivity contribution in [3.63, 3.8) is 0 Å². The Labute approximate surface area is 128 Å². The quantitative estimate of drug-likeness (QED) is 0.816. The molecule has 2 rings (SSSR count). The van der Waals surface area contributed by atoms with Crippen LogP contribution in [0, 0.1) is 0 Å². The lowest BCUT2D eigenvalue weighted by Crippen LogP contribution is -2.06. The normalized spacial score (nSPS) is 10.5. The summed E-state index contributed by atoms with van der Waals surface area (Å²) < 4.78 is 29.9. The third kappa shape index (κ3) is 4.01. The summed E-state index contributed by atoms with van der Waals surface area (Å²) in [6.45, 7) is -0.257. The molecule has 0 atom stereocenters. The zero-order chi connectivity index (χ0) is 15.2. The Balaban J connectivity index is 2.28. The van der Waals surface area contributed by atoms with Crippen molar-refractivity contribution >= 4 is 33.3 Å². The van der Waals surface area contributed by atoms with Gasteiger partial charge in [-0.15, -0.1) is 0 Å². The highest BCUT2D eigenvalue weighted by Crippen LogP contribution is 2.33. The van der Waals surface area contributed by atoms with Crippen molar-refractivity contribution in [2.45, 2.75) is 13.5 Å². The predicted octanol–water partition coefficient (Wildman–Crippen LogP) is 4.02. The molecule has 0 radical (unpaired) electrons. The van der Waals surface area contributed by atoms with Crippen LogP contribution in [0.1, 0.15) is 6.92 Å². The molecule has 1 heterocycles. The molecule has 2 aromatic rings. The van der Waals surface area contributed by atoms with Gasteiger partial charge < -0.3 is 15.4 Å². The van der Waals surface area contributed by atoms with E-state index in [-0.39, 0.29) is 5.75 Å². The van der Waals surface area contributed by atoms with Gasteiger partial charge in [-0.1, -0.05) is 12.1 Å². The average Bonchev–Trinajstić information content (AvgIpc) is 2.45. The van der Waals surface area contributed by atoms with Crippen LogP contribution in [0.25, 0.3) is 0 Å². The molecule has 0 amide bonds. The average molecular weight is 359 g/mol. The molecule has 0 saturated heterocycles. The molecular formula is C13H13BrF2N4O. The highest BCUT2D eigenvalue weighted by Gasteiger charge is 2.13. The van der Waals surface area contributed by atoms with Crippen molar-refractivity contribution in [2.24, 2.45) is 0 Å². The zero-order valence-corrected chi connectivity index (χ0v) is 12.7. The second-order valence-corrected chi connectivity index (χ2v) is 4.71. The van der Waals surface area contributed by atoms with Gasteiger partial charge in [0.15, 0.2) is 0 Å². The lowest BCUT2D eigenvalue weighted by atomic mass is 10.3. The molecule has 5 nitrogen and oxygen atoms in total. The van der Waals surface area contributed by atoms with Crippen LogP contribution in [0.5, 0.6) is 5.75 Å². The minimum Gasteiger partial charge on any atom is -0.433 e. The maximum absolute atomic E-state index is 12.4. The summed E-state index contributed by atoms with van der Waals surface area (Å²) in [5.74, 6) is 1.11. The van der Waals surface area contributed by atoms with Crippen molar-refractivity contribution in [3.8, 4) is 5.75 Å². The Kier molecular flexibility index (Phi) is 5.26. The molecule has 1 aromatic heterocycles. The molecule has 0 unspecified atom stereocenters. The summed E-state index contributed by atoms with van der Waals surface area (Å²) in [5, 5.41) is 6.01. The molecule has 8 heteroatoms. The topological polar surface area (TPSA) is 59.1 Å². The van der Waals surface area contributed by atoms with Gasteiger partial charge >= 0.3 is 6.61 Å². The van der Waals surface area contributed by atoms with E-state index < -0.39 is 6.61 Å². The van der Waals surface area contributed by atoms with Crippen LogP contribution in [-0.4, -0.2) is 23.1 Å². The number of alkyl halides is 2. The van der Waals surface area contributed by atoms with Gasteiger partial charge in [0, 0.05) is 6.54 Å². The van der Waals surface area contributed by atoms with Crippen molar-refractivity contribution in [3.05, 3.63) is 35.1 Å². The van der Waals surface area contributed by atoms with E-state index in [4.69, 9.17) is 0 Å².